The summed E-state index contributed by atoms with van der Waals surface area (Å²) in [6.45, 7) is 6.37. The minimum atomic E-state index is -0.247. The number of aliphatic hydroxyl groups excluding tert-OH is 1. The molecule has 1 amide bonds. The highest BCUT2D eigenvalue weighted by Gasteiger charge is 2.20. The lowest BCUT2D eigenvalue weighted by atomic mass is 10.2. The largest absolute Gasteiger partial charge is 0.393 e. The second-order valence-corrected chi connectivity index (χ2v) is 5.41. The molecule has 1 fully saturated rings. The van der Waals surface area contributed by atoms with E-state index in [1.165, 1.54) is 12.8 Å². The van der Waals surface area contributed by atoms with E-state index in [1.807, 2.05) is 11.8 Å². The molecule has 18 heavy (non-hydrogen) atoms. The monoisotopic (exact) mass is 256 g/mol. The third kappa shape index (κ3) is 5.83. The van der Waals surface area contributed by atoms with Gasteiger partial charge >= 0.3 is 0 Å². The summed E-state index contributed by atoms with van der Waals surface area (Å²) in [6.07, 6.45) is 6.23. The smallest absolute Gasteiger partial charge is 0.239 e. The zero-order valence-corrected chi connectivity index (χ0v) is 11.8. The lowest BCUT2D eigenvalue weighted by Gasteiger charge is -2.24. The molecule has 2 atom stereocenters. The molecule has 0 bridgehead atoms. The second-order valence-electron chi connectivity index (χ2n) is 5.41. The molecular weight excluding hydrogens is 228 g/mol. The fourth-order valence-electron chi connectivity index (χ4n) is 2.37. The molecule has 0 aromatic rings. The summed E-state index contributed by atoms with van der Waals surface area (Å²) in [4.78, 5) is 14.2. The number of rotatable bonds is 6. The fourth-order valence-corrected chi connectivity index (χ4v) is 2.37. The van der Waals surface area contributed by atoms with Gasteiger partial charge in [-0.15, -0.1) is 0 Å². The van der Waals surface area contributed by atoms with Gasteiger partial charge in [0.05, 0.1) is 12.1 Å². The number of nitrogens with one attached hydrogen (secondary N) is 1. The van der Waals surface area contributed by atoms with Crippen LogP contribution in [0.15, 0.2) is 0 Å². The molecule has 4 nitrogen and oxygen atoms in total. The maximum atomic E-state index is 12.2. The number of amides is 1. The number of hydrogen-bond donors (Lipinski definition) is 2. The highest BCUT2D eigenvalue weighted by Crippen LogP contribution is 2.10. The van der Waals surface area contributed by atoms with Crippen molar-refractivity contribution in [2.24, 2.45) is 0 Å². The predicted molar refractivity (Wildman–Crippen MR) is 73.4 cm³/mol. The first-order valence-corrected chi connectivity index (χ1v) is 7.31. The first-order valence-electron chi connectivity index (χ1n) is 7.31. The van der Waals surface area contributed by atoms with Crippen LogP contribution < -0.4 is 5.32 Å². The Kier molecular flexibility index (Phi) is 7.28. The van der Waals surface area contributed by atoms with Gasteiger partial charge < -0.3 is 15.3 Å². The molecule has 0 saturated carbocycles. The molecule has 0 spiro atoms. The van der Waals surface area contributed by atoms with Gasteiger partial charge in [-0.3, -0.25) is 4.79 Å². The molecule has 0 radical (unpaired) electrons. The van der Waals surface area contributed by atoms with Crippen molar-refractivity contribution in [1.29, 1.82) is 0 Å². The van der Waals surface area contributed by atoms with Crippen molar-refractivity contribution in [3.8, 4) is 0 Å². The molecular formula is C14H28N2O2. The molecule has 106 valence electrons. The molecule has 1 rings (SSSR count). The zero-order chi connectivity index (χ0) is 13.4. The zero-order valence-electron chi connectivity index (χ0n) is 11.8. The Hall–Kier alpha value is -0.610. The highest BCUT2D eigenvalue weighted by molar-refractivity contribution is 5.81. The van der Waals surface area contributed by atoms with E-state index >= 15 is 0 Å². The van der Waals surface area contributed by atoms with Crippen molar-refractivity contribution in [2.75, 3.05) is 19.6 Å². The van der Waals surface area contributed by atoms with Crippen LogP contribution in [0.4, 0.5) is 0 Å². The molecule has 1 saturated heterocycles. The van der Waals surface area contributed by atoms with Gasteiger partial charge in [0.1, 0.15) is 0 Å². The number of aliphatic hydroxyl groups is 1. The summed E-state index contributed by atoms with van der Waals surface area (Å²) in [5, 5.41) is 12.4. The van der Waals surface area contributed by atoms with Crippen LogP contribution in [0.3, 0.4) is 0 Å². The van der Waals surface area contributed by atoms with Crippen molar-refractivity contribution >= 4 is 5.91 Å². The summed E-state index contributed by atoms with van der Waals surface area (Å²) >= 11 is 0. The normalized spacial score (nSPS) is 20.3. The number of likely N-dealkylation sites (tertiary alicyclic amines) is 1. The van der Waals surface area contributed by atoms with Crippen LogP contribution in [0, 0.1) is 0 Å². The Labute approximate surface area is 111 Å². The van der Waals surface area contributed by atoms with Crippen molar-refractivity contribution in [1.82, 2.24) is 10.2 Å². The molecule has 0 aromatic heterocycles. The Morgan fingerprint density at radius 1 is 1.22 bits per heavy atom. The Morgan fingerprint density at radius 3 is 2.39 bits per heavy atom. The van der Waals surface area contributed by atoms with Crippen LogP contribution in [-0.4, -0.2) is 47.7 Å². The Balaban J connectivity index is 2.22. The van der Waals surface area contributed by atoms with Gasteiger partial charge in [0.15, 0.2) is 0 Å². The van der Waals surface area contributed by atoms with Crippen molar-refractivity contribution in [3.63, 3.8) is 0 Å². The van der Waals surface area contributed by atoms with Gasteiger partial charge in [-0.1, -0.05) is 12.8 Å². The summed E-state index contributed by atoms with van der Waals surface area (Å²) in [5.41, 5.74) is 0. The average molecular weight is 256 g/mol. The molecule has 4 heteroatoms. The van der Waals surface area contributed by atoms with Gasteiger partial charge in [0.2, 0.25) is 5.91 Å². The predicted octanol–water partition coefficient (Wildman–Crippen LogP) is 1.53. The Morgan fingerprint density at radius 2 is 1.83 bits per heavy atom. The summed E-state index contributed by atoms with van der Waals surface area (Å²) in [6, 6.07) is -0.0999. The standard InChI is InChI=1S/C14H28N2O2/c1-12(17)8-7-9-15-13(2)14(18)16-10-5-3-4-6-11-16/h12-13,15,17H,3-11H2,1-2H3. The first-order chi connectivity index (χ1) is 8.61. The van der Waals surface area contributed by atoms with E-state index in [1.54, 1.807) is 6.92 Å². The number of hydrogen-bond acceptors (Lipinski definition) is 3. The van der Waals surface area contributed by atoms with Crippen LogP contribution in [0.2, 0.25) is 0 Å². The van der Waals surface area contributed by atoms with E-state index in [0.717, 1.165) is 45.3 Å². The van der Waals surface area contributed by atoms with Crippen LogP contribution in [0.5, 0.6) is 0 Å². The number of carbonyl (C=O) groups excluding carboxylic acids is 1. The number of carbonyl (C=O) groups is 1. The van der Waals surface area contributed by atoms with Crippen LogP contribution in [0.1, 0.15) is 52.4 Å². The van der Waals surface area contributed by atoms with Gasteiger partial charge in [-0.2, -0.15) is 0 Å². The second kappa shape index (κ2) is 8.48. The van der Waals surface area contributed by atoms with Gasteiger partial charge in [0, 0.05) is 13.1 Å². The minimum absolute atomic E-state index is 0.0999. The number of nitrogens with zero attached hydrogens (tertiary/aromatic N) is 1. The van der Waals surface area contributed by atoms with Gasteiger partial charge in [-0.25, -0.2) is 0 Å². The van der Waals surface area contributed by atoms with E-state index in [9.17, 15) is 4.79 Å². The van der Waals surface area contributed by atoms with E-state index in [4.69, 9.17) is 5.11 Å². The quantitative estimate of drug-likeness (QED) is 0.709. The fraction of sp³-hybridized carbons (Fsp3) is 0.929. The third-order valence-corrected chi connectivity index (χ3v) is 3.54. The molecule has 0 aromatic carbocycles. The highest BCUT2D eigenvalue weighted by atomic mass is 16.3. The van der Waals surface area contributed by atoms with Crippen molar-refractivity contribution in [3.05, 3.63) is 0 Å². The third-order valence-electron chi connectivity index (χ3n) is 3.54. The van der Waals surface area contributed by atoms with Crippen molar-refractivity contribution in [2.45, 2.75) is 64.5 Å². The molecule has 1 aliphatic rings. The van der Waals surface area contributed by atoms with Gasteiger partial charge in [0.25, 0.3) is 0 Å². The maximum absolute atomic E-state index is 12.2. The summed E-state index contributed by atoms with van der Waals surface area (Å²) in [7, 11) is 0. The summed E-state index contributed by atoms with van der Waals surface area (Å²) in [5.74, 6) is 0.231. The van der Waals surface area contributed by atoms with Crippen LogP contribution >= 0.6 is 0 Å². The van der Waals surface area contributed by atoms with E-state index in [0.29, 0.717) is 0 Å². The van der Waals surface area contributed by atoms with Crippen LogP contribution in [-0.2, 0) is 4.79 Å². The van der Waals surface area contributed by atoms with Crippen molar-refractivity contribution < 1.29 is 9.90 Å². The molecule has 1 aliphatic heterocycles. The molecule has 0 aliphatic carbocycles. The Bertz CT molecular complexity index is 236. The van der Waals surface area contributed by atoms with E-state index in [-0.39, 0.29) is 18.1 Å². The average Bonchev–Trinajstić information content (AvgIpc) is 2.61. The molecule has 2 N–H and O–H groups in total. The van der Waals surface area contributed by atoms with Gasteiger partial charge in [-0.05, 0) is 46.1 Å². The maximum Gasteiger partial charge on any atom is 0.239 e. The first kappa shape index (κ1) is 15.4. The SMILES string of the molecule is CC(O)CCCNC(C)C(=O)N1CCCCCC1. The van der Waals surface area contributed by atoms with E-state index in [2.05, 4.69) is 5.32 Å². The minimum Gasteiger partial charge on any atom is -0.393 e. The van der Waals surface area contributed by atoms with E-state index < -0.39 is 0 Å². The molecule has 1 heterocycles. The van der Waals surface area contributed by atoms with Crippen LogP contribution in [0.25, 0.3) is 0 Å². The topological polar surface area (TPSA) is 52.6 Å². The molecule has 2 unspecified atom stereocenters. The lowest BCUT2D eigenvalue weighted by Crippen LogP contribution is -2.45. The summed E-state index contributed by atoms with van der Waals surface area (Å²) < 4.78 is 0. The lowest BCUT2D eigenvalue weighted by molar-refractivity contribution is -0.133.